The molecular weight excluding hydrogens is 216 g/mol. The first-order chi connectivity index (χ1) is 7.72. The van der Waals surface area contributed by atoms with E-state index >= 15 is 0 Å². The molecule has 0 saturated heterocycles. The summed E-state index contributed by atoms with van der Waals surface area (Å²) in [6, 6.07) is 2.18. The van der Waals surface area contributed by atoms with Gasteiger partial charge in [0.15, 0.2) is 0 Å². The van der Waals surface area contributed by atoms with Crippen LogP contribution in [-0.2, 0) is 0 Å². The van der Waals surface area contributed by atoms with Gasteiger partial charge in [0.2, 0.25) is 0 Å². The molecule has 1 rings (SSSR count). The molecule has 0 spiro atoms. The Morgan fingerprint density at radius 1 is 1.38 bits per heavy atom. The summed E-state index contributed by atoms with van der Waals surface area (Å²) in [4.78, 5) is 2.98. The lowest BCUT2D eigenvalue weighted by Gasteiger charge is -2.13. The van der Waals surface area contributed by atoms with Gasteiger partial charge in [0.1, 0.15) is 10.9 Å². The van der Waals surface area contributed by atoms with Gasteiger partial charge in [-0.3, -0.25) is 4.90 Å². The van der Waals surface area contributed by atoms with Crippen molar-refractivity contribution >= 4 is 11.3 Å². The Hall–Kier alpha value is -1.29. The molecule has 0 aliphatic rings. The van der Waals surface area contributed by atoms with E-state index in [0.717, 1.165) is 35.6 Å². The van der Waals surface area contributed by atoms with Crippen molar-refractivity contribution in [3.63, 3.8) is 0 Å². The fourth-order valence-electron chi connectivity index (χ4n) is 1.37. The van der Waals surface area contributed by atoms with E-state index in [0.29, 0.717) is 0 Å². The van der Waals surface area contributed by atoms with E-state index in [4.69, 9.17) is 5.26 Å². The smallest absolute Gasteiger partial charge is 0.120 e. The molecule has 0 bridgehead atoms. The zero-order valence-corrected chi connectivity index (χ0v) is 10.8. The predicted octanol–water partition coefficient (Wildman–Crippen LogP) is 2.62. The van der Waals surface area contributed by atoms with Gasteiger partial charge in [0, 0.05) is 0 Å². The molecule has 1 heterocycles. The van der Waals surface area contributed by atoms with Gasteiger partial charge in [0.25, 0.3) is 0 Å². The van der Waals surface area contributed by atoms with Crippen LogP contribution in [0.25, 0.3) is 0 Å². The molecule has 0 unspecified atom stereocenters. The van der Waals surface area contributed by atoms with Gasteiger partial charge >= 0.3 is 0 Å². The highest BCUT2D eigenvalue weighted by Crippen LogP contribution is 2.19. The van der Waals surface area contributed by atoms with E-state index in [-0.39, 0.29) is 0 Å². The van der Waals surface area contributed by atoms with Gasteiger partial charge in [-0.15, -0.1) is 11.3 Å². The molecule has 84 valence electrons. The summed E-state index contributed by atoms with van der Waals surface area (Å²) in [5.74, 6) is 6.24. The second-order valence-electron chi connectivity index (χ2n) is 3.50. The fourth-order valence-corrected chi connectivity index (χ4v) is 2.16. The Morgan fingerprint density at radius 2 is 2.06 bits per heavy atom. The standard InChI is InChI=1S/C13H16N2S/c1-4-15(5-2)8-6-7-12-11(3)10-16-13(12)9-14/h10H,4-5,8H2,1-3H3. The summed E-state index contributed by atoms with van der Waals surface area (Å²) < 4.78 is 0. The van der Waals surface area contributed by atoms with Gasteiger partial charge in [0.05, 0.1) is 12.1 Å². The fraction of sp³-hybridized carbons (Fsp3) is 0.462. The van der Waals surface area contributed by atoms with E-state index in [9.17, 15) is 0 Å². The van der Waals surface area contributed by atoms with Crippen molar-refractivity contribution in [1.29, 1.82) is 5.26 Å². The largest absolute Gasteiger partial charge is 0.293 e. The molecule has 0 N–H and O–H groups in total. The van der Waals surface area contributed by atoms with Gasteiger partial charge in [-0.1, -0.05) is 25.7 Å². The minimum atomic E-state index is 0.726. The summed E-state index contributed by atoms with van der Waals surface area (Å²) in [7, 11) is 0. The molecule has 0 radical (unpaired) electrons. The normalized spacial score (nSPS) is 9.69. The van der Waals surface area contributed by atoms with Crippen molar-refractivity contribution in [2.75, 3.05) is 19.6 Å². The molecule has 1 aromatic heterocycles. The molecule has 2 nitrogen and oxygen atoms in total. The lowest BCUT2D eigenvalue weighted by molar-refractivity contribution is 0.342. The van der Waals surface area contributed by atoms with E-state index in [1.54, 1.807) is 0 Å². The molecule has 0 aliphatic carbocycles. The average molecular weight is 232 g/mol. The van der Waals surface area contributed by atoms with Crippen LogP contribution in [0.5, 0.6) is 0 Å². The number of rotatable bonds is 3. The highest BCUT2D eigenvalue weighted by Gasteiger charge is 2.04. The SMILES string of the molecule is CCN(CC)CC#Cc1c(C)csc1C#N. The molecule has 16 heavy (non-hydrogen) atoms. The van der Waals surface area contributed by atoms with E-state index in [1.165, 1.54) is 11.3 Å². The van der Waals surface area contributed by atoms with E-state index < -0.39 is 0 Å². The highest BCUT2D eigenvalue weighted by molar-refractivity contribution is 7.10. The maximum atomic E-state index is 8.91. The molecule has 0 aliphatic heterocycles. The summed E-state index contributed by atoms with van der Waals surface area (Å²) in [6.45, 7) is 9.05. The van der Waals surface area contributed by atoms with Crippen molar-refractivity contribution < 1.29 is 0 Å². The van der Waals surface area contributed by atoms with Crippen LogP contribution in [0.3, 0.4) is 0 Å². The van der Waals surface area contributed by atoms with Crippen LogP contribution in [0.1, 0.15) is 29.9 Å². The molecule has 0 saturated carbocycles. The quantitative estimate of drug-likeness (QED) is 0.749. The number of thiophene rings is 1. The maximum absolute atomic E-state index is 8.91. The third-order valence-corrected chi connectivity index (χ3v) is 3.49. The zero-order chi connectivity index (χ0) is 12.0. The lowest BCUT2D eigenvalue weighted by atomic mass is 10.2. The Labute approximate surface area is 102 Å². The number of hydrogen-bond donors (Lipinski definition) is 0. The number of hydrogen-bond acceptors (Lipinski definition) is 3. The predicted molar refractivity (Wildman–Crippen MR) is 68.4 cm³/mol. The van der Waals surface area contributed by atoms with Crippen LogP contribution < -0.4 is 0 Å². The number of nitrogens with zero attached hydrogens (tertiary/aromatic N) is 2. The second kappa shape index (κ2) is 6.33. The third kappa shape index (κ3) is 3.10. The van der Waals surface area contributed by atoms with Crippen LogP contribution in [0.2, 0.25) is 0 Å². The van der Waals surface area contributed by atoms with Crippen LogP contribution in [0.15, 0.2) is 5.38 Å². The van der Waals surface area contributed by atoms with Crippen LogP contribution in [-0.4, -0.2) is 24.5 Å². The van der Waals surface area contributed by atoms with Crippen molar-refractivity contribution in [1.82, 2.24) is 4.90 Å². The van der Waals surface area contributed by atoms with Crippen molar-refractivity contribution in [2.24, 2.45) is 0 Å². The van der Waals surface area contributed by atoms with Crippen molar-refractivity contribution in [3.8, 4) is 17.9 Å². The Morgan fingerprint density at radius 3 is 2.62 bits per heavy atom. The van der Waals surface area contributed by atoms with Crippen LogP contribution in [0, 0.1) is 30.1 Å². The Balaban J connectivity index is 2.77. The highest BCUT2D eigenvalue weighted by atomic mass is 32.1. The minimum Gasteiger partial charge on any atom is -0.293 e. The third-order valence-electron chi connectivity index (χ3n) is 2.49. The van der Waals surface area contributed by atoms with Gasteiger partial charge < -0.3 is 0 Å². The molecule has 1 aromatic rings. The van der Waals surface area contributed by atoms with Gasteiger partial charge in [-0.2, -0.15) is 5.26 Å². The maximum Gasteiger partial charge on any atom is 0.120 e. The summed E-state index contributed by atoms with van der Waals surface area (Å²) >= 11 is 1.47. The lowest BCUT2D eigenvalue weighted by Crippen LogP contribution is -2.22. The zero-order valence-electron chi connectivity index (χ0n) is 10.0. The van der Waals surface area contributed by atoms with Crippen LogP contribution in [0.4, 0.5) is 0 Å². The second-order valence-corrected chi connectivity index (χ2v) is 4.38. The van der Waals surface area contributed by atoms with Crippen LogP contribution >= 0.6 is 11.3 Å². The van der Waals surface area contributed by atoms with Crippen molar-refractivity contribution in [2.45, 2.75) is 20.8 Å². The summed E-state index contributed by atoms with van der Waals surface area (Å²) in [5.41, 5.74) is 2.01. The van der Waals surface area contributed by atoms with Gasteiger partial charge in [-0.25, -0.2) is 0 Å². The topological polar surface area (TPSA) is 27.0 Å². The molecular formula is C13H16N2S. The monoisotopic (exact) mass is 232 g/mol. The number of nitriles is 1. The van der Waals surface area contributed by atoms with E-state index in [2.05, 4.69) is 36.7 Å². The minimum absolute atomic E-state index is 0.726. The Bertz CT molecular complexity index is 439. The average Bonchev–Trinajstić information content (AvgIpc) is 2.66. The summed E-state index contributed by atoms with van der Waals surface area (Å²) in [5, 5.41) is 10.9. The first kappa shape index (κ1) is 12.8. The number of aryl methyl sites for hydroxylation is 1. The first-order valence-electron chi connectivity index (χ1n) is 5.42. The molecule has 3 heteroatoms. The molecule has 0 atom stereocenters. The first-order valence-corrected chi connectivity index (χ1v) is 6.30. The summed E-state index contributed by atoms with van der Waals surface area (Å²) in [6.07, 6.45) is 0. The molecule has 0 aromatic carbocycles. The Kier molecular flexibility index (Phi) is 5.05. The van der Waals surface area contributed by atoms with E-state index in [1.807, 2.05) is 12.3 Å². The van der Waals surface area contributed by atoms with Gasteiger partial charge in [-0.05, 0) is 31.0 Å². The van der Waals surface area contributed by atoms with Crippen molar-refractivity contribution in [3.05, 3.63) is 21.4 Å². The molecule has 0 fully saturated rings. The molecule has 0 amide bonds.